The Morgan fingerprint density at radius 3 is 1.02 bits per heavy atom. The lowest BCUT2D eigenvalue weighted by molar-refractivity contribution is -0.870. The Hall–Kier alpha value is -3.01. The minimum Gasteiger partial charge on any atom is -0.545 e. The van der Waals surface area contributed by atoms with Crippen LogP contribution in [0.1, 0.15) is 335 Å². The third-order valence-corrected chi connectivity index (χ3v) is 15.8. The van der Waals surface area contributed by atoms with Crippen LogP contribution in [0.3, 0.4) is 0 Å². The molecule has 0 rings (SSSR count). The summed E-state index contributed by atoms with van der Waals surface area (Å²) in [6.07, 6.45) is 82.0. The van der Waals surface area contributed by atoms with Crippen LogP contribution in [-0.4, -0.2) is 82.3 Å². The molecular formula is C74H135NO8. The second-order valence-corrected chi connectivity index (χ2v) is 25.2. The van der Waals surface area contributed by atoms with E-state index in [0.717, 1.165) is 70.6 Å². The Kier molecular flexibility index (Phi) is 62.6. The van der Waals surface area contributed by atoms with E-state index < -0.39 is 24.3 Å². The van der Waals surface area contributed by atoms with E-state index in [9.17, 15) is 19.5 Å². The number of ether oxygens (including phenoxy) is 4. The van der Waals surface area contributed by atoms with Crippen molar-refractivity contribution in [1.29, 1.82) is 0 Å². The zero-order valence-electron chi connectivity index (χ0n) is 55.3. The molecule has 83 heavy (non-hydrogen) atoms. The predicted molar refractivity (Wildman–Crippen MR) is 352 cm³/mol. The molecule has 2 unspecified atom stereocenters. The fraction of sp³-hybridized carbons (Fsp3) is 0.824. The predicted octanol–water partition coefficient (Wildman–Crippen LogP) is 20.6. The monoisotopic (exact) mass is 1170 g/mol. The summed E-state index contributed by atoms with van der Waals surface area (Å²) in [6.45, 7) is 4.63. The molecule has 0 radical (unpaired) electrons. The van der Waals surface area contributed by atoms with Gasteiger partial charge in [0, 0.05) is 12.8 Å². The quantitative estimate of drug-likeness (QED) is 0.0195. The van der Waals surface area contributed by atoms with Crippen molar-refractivity contribution in [1.82, 2.24) is 0 Å². The number of rotatable bonds is 66. The smallest absolute Gasteiger partial charge is 0.306 e. The van der Waals surface area contributed by atoms with Crippen LogP contribution >= 0.6 is 0 Å². The van der Waals surface area contributed by atoms with E-state index in [1.807, 2.05) is 21.1 Å². The SMILES string of the molecule is CC/C=C\C/C=C\C/C=C\C/C=C\C/C=C\CCCCCC(=O)OC(COC(=O)CCCCCCCCCCCCCCCCCCCCCCCCCCCCCCCCCCCCCCCCC)COC(OCC[N+](C)(C)C)C(=O)[O-]. The van der Waals surface area contributed by atoms with Crippen LogP contribution in [-0.2, 0) is 33.3 Å². The number of hydrogen-bond donors (Lipinski definition) is 0. The number of allylic oxidation sites excluding steroid dienone is 10. The van der Waals surface area contributed by atoms with Crippen LogP contribution in [0.25, 0.3) is 0 Å². The Labute approximate surface area is 514 Å². The molecule has 0 saturated heterocycles. The van der Waals surface area contributed by atoms with Gasteiger partial charge in [-0.25, -0.2) is 0 Å². The largest absolute Gasteiger partial charge is 0.545 e. The first kappa shape index (κ1) is 80.0. The van der Waals surface area contributed by atoms with Gasteiger partial charge in [0.2, 0.25) is 0 Å². The first-order valence-electron chi connectivity index (χ1n) is 35.4. The Morgan fingerprint density at radius 2 is 0.687 bits per heavy atom. The van der Waals surface area contributed by atoms with Crippen molar-refractivity contribution in [2.75, 3.05) is 47.5 Å². The first-order valence-corrected chi connectivity index (χ1v) is 35.4. The molecule has 9 nitrogen and oxygen atoms in total. The van der Waals surface area contributed by atoms with Gasteiger partial charge in [-0.2, -0.15) is 0 Å². The molecule has 2 atom stereocenters. The number of unbranched alkanes of at least 4 members (excludes halogenated alkanes) is 41. The molecule has 0 saturated carbocycles. The van der Waals surface area contributed by atoms with Gasteiger partial charge in [-0.05, 0) is 57.8 Å². The van der Waals surface area contributed by atoms with Crippen LogP contribution in [0.2, 0.25) is 0 Å². The van der Waals surface area contributed by atoms with E-state index in [4.69, 9.17) is 18.9 Å². The van der Waals surface area contributed by atoms with Gasteiger partial charge >= 0.3 is 11.9 Å². The molecule has 0 aromatic carbocycles. The highest BCUT2D eigenvalue weighted by atomic mass is 16.7. The van der Waals surface area contributed by atoms with Crippen LogP contribution in [0.15, 0.2) is 60.8 Å². The number of carbonyl (C=O) groups is 3. The molecule has 0 aliphatic carbocycles. The summed E-state index contributed by atoms with van der Waals surface area (Å²) < 4.78 is 22.7. The summed E-state index contributed by atoms with van der Waals surface area (Å²) >= 11 is 0. The molecule has 0 heterocycles. The molecule has 9 heteroatoms. The minimum atomic E-state index is -1.63. The normalized spacial score (nSPS) is 13.0. The number of carboxylic acid groups (broad SMARTS) is 1. The highest BCUT2D eigenvalue weighted by Crippen LogP contribution is 2.19. The Balaban J connectivity index is 3.97. The zero-order valence-corrected chi connectivity index (χ0v) is 55.3. The van der Waals surface area contributed by atoms with Crippen LogP contribution in [0.4, 0.5) is 0 Å². The maximum Gasteiger partial charge on any atom is 0.306 e. The van der Waals surface area contributed by atoms with Crippen molar-refractivity contribution in [3.05, 3.63) is 60.8 Å². The third kappa shape index (κ3) is 66.4. The zero-order chi connectivity index (χ0) is 60.5. The van der Waals surface area contributed by atoms with Crippen molar-refractivity contribution in [2.45, 2.75) is 347 Å². The molecule has 0 fully saturated rings. The second kappa shape index (κ2) is 65.0. The summed E-state index contributed by atoms with van der Waals surface area (Å²) in [5.41, 5.74) is 0. The first-order chi connectivity index (χ1) is 40.6. The summed E-state index contributed by atoms with van der Waals surface area (Å²) in [6, 6.07) is 0. The number of hydrogen-bond acceptors (Lipinski definition) is 8. The Morgan fingerprint density at radius 1 is 0.373 bits per heavy atom. The van der Waals surface area contributed by atoms with E-state index in [2.05, 4.69) is 74.6 Å². The summed E-state index contributed by atoms with van der Waals surface area (Å²) in [5.74, 6) is -2.32. The average molecular weight is 1170 g/mol. The molecule has 0 aliphatic rings. The molecule has 0 N–H and O–H groups in total. The second-order valence-electron chi connectivity index (χ2n) is 25.2. The van der Waals surface area contributed by atoms with Gasteiger partial charge in [-0.3, -0.25) is 9.59 Å². The fourth-order valence-electron chi connectivity index (χ4n) is 10.4. The molecule has 0 bridgehead atoms. The molecule has 0 aliphatic heterocycles. The number of nitrogens with zero attached hydrogens (tertiary/aromatic N) is 1. The number of carboxylic acids is 1. The molecule has 0 amide bonds. The number of carbonyl (C=O) groups excluding carboxylic acids is 3. The van der Waals surface area contributed by atoms with E-state index in [1.165, 1.54) is 231 Å². The van der Waals surface area contributed by atoms with Gasteiger partial charge < -0.3 is 33.3 Å². The van der Waals surface area contributed by atoms with E-state index in [-0.39, 0.29) is 38.6 Å². The molecular weight excluding hydrogens is 1030 g/mol. The van der Waals surface area contributed by atoms with E-state index >= 15 is 0 Å². The van der Waals surface area contributed by atoms with Gasteiger partial charge in [0.25, 0.3) is 0 Å². The van der Waals surface area contributed by atoms with Crippen molar-refractivity contribution < 1.29 is 42.9 Å². The van der Waals surface area contributed by atoms with Gasteiger partial charge in [-0.1, -0.05) is 325 Å². The van der Waals surface area contributed by atoms with Crippen molar-refractivity contribution >= 4 is 17.9 Å². The molecule has 0 spiro atoms. The standard InChI is InChI=1S/C74H135NO8/c1-6-8-10-12-14-16-18-20-22-24-26-27-28-29-30-31-32-33-34-35-36-37-38-39-40-41-42-43-44-45-47-48-50-52-54-56-58-60-62-64-71(76)81-68-70(69-82-74(73(78)79)80-67-66-75(3,4)5)83-72(77)65-63-61-59-57-55-53-51-49-46-25-23-21-19-17-15-13-11-9-7-2/h9,11,15,17,21,23,46,49,53,55,70,74H,6-8,10,12-14,16,18-20,22,24-45,47-48,50-52,54,56-69H2,1-5H3/b11-9-,17-15-,23-21-,49-46-,55-53-. The van der Waals surface area contributed by atoms with E-state index in [0.29, 0.717) is 17.4 Å². The lowest BCUT2D eigenvalue weighted by Crippen LogP contribution is -2.44. The lowest BCUT2D eigenvalue weighted by Gasteiger charge is -2.26. The molecule has 0 aromatic heterocycles. The number of aliphatic carboxylic acids is 1. The number of esters is 2. The van der Waals surface area contributed by atoms with Crippen molar-refractivity contribution in [3.63, 3.8) is 0 Å². The fourth-order valence-corrected chi connectivity index (χ4v) is 10.4. The van der Waals surface area contributed by atoms with Crippen LogP contribution < -0.4 is 5.11 Å². The van der Waals surface area contributed by atoms with E-state index in [1.54, 1.807) is 0 Å². The summed E-state index contributed by atoms with van der Waals surface area (Å²) in [7, 11) is 5.92. The van der Waals surface area contributed by atoms with Crippen LogP contribution in [0.5, 0.6) is 0 Å². The summed E-state index contributed by atoms with van der Waals surface area (Å²) in [4.78, 5) is 37.4. The molecule has 0 aromatic rings. The lowest BCUT2D eigenvalue weighted by atomic mass is 10.0. The Bertz CT molecular complexity index is 1550. The van der Waals surface area contributed by atoms with Gasteiger partial charge in [0.05, 0.1) is 40.3 Å². The maximum atomic E-state index is 12.9. The molecule has 484 valence electrons. The van der Waals surface area contributed by atoms with Crippen LogP contribution in [0, 0.1) is 0 Å². The van der Waals surface area contributed by atoms with Crippen molar-refractivity contribution in [3.8, 4) is 0 Å². The average Bonchev–Trinajstić information content (AvgIpc) is 3.46. The highest BCUT2D eigenvalue weighted by molar-refractivity contribution is 5.70. The summed E-state index contributed by atoms with van der Waals surface area (Å²) in [5, 5.41) is 11.8. The van der Waals surface area contributed by atoms with Gasteiger partial charge in [0.1, 0.15) is 13.2 Å². The third-order valence-electron chi connectivity index (χ3n) is 15.8. The van der Waals surface area contributed by atoms with Crippen molar-refractivity contribution in [2.24, 2.45) is 0 Å². The minimum absolute atomic E-state index is 0.140. The maximum absolute atomic E-state index is 12.9. The number of quaternary nitrogens is 1. The topological polar surface area (TPSA) is 111 Å². The van der Waals surface area contributed by atoms with Gasteiger partial charge in [0.15, 0.2) is 12.4 Å². The highest BCUT2D eigenvalue weighted by Gasteiger charge is 2.22. The number of likely N-dealkylation sites (N-methyl/N-ethyl adjacent to an activating group) is 1. The van der Waals surface area contributed by atoms with Gasteiger partial charge in [-0.15, -0.1) is 0 Å².